The summed E-state index contributed by atoms with van der Waals surface area (Å²) in [6, 6.07) is 9.50. The number of aromatic nitrogens is 2. The normalized spacial score (nSPS) is 13.1. The number of para-hydroxylation sites is 1. The van der Waals surface area contributed by atoms with Crippen LogP contribution in [0.5, 0.6) is 0 Å². The van der Waals surface area contributed by atoms with Crippen molar-refractivity contribution in [1.29, 1.82) is 0 Å². The van der Waals surface area contributed by atoms with Crippen molar-refractivity contribution in [3.63, 3.8) is 0 Å². The first kappa shape index (κ1) is 13.7. The Morgan fingerprint density at radius 2 is 2.00 bits per heavy atom. The molecule has 0 fully saturated rings. The monoisotopic (exact) mass is 285 g/mol. The molecule has 0 radical (unpaired) electrons. The summed E-state index contributed by atoms with van der Waals surface area (Å²) >= 11 is 0. The maximum Gasteiger partial charge on any atom is 0.328 e. The number of furan rings is 1. The number of rotatable bonds is 4. The van der Waals surface area contributed by atoms with E-state index in [1.165, 1.54) is 0 Å². The van der Waals surface area contributed by atoms with Crippen molar-refractivity contribution in [2.75, 3.05) is 0 Å². The SMILES string of the molecule is CC(C)n1ccn(CC(N)c2cc3ccccc3o2)c1=O. The van der Waals surface area contributed by atoms with Crippen LogP contribution in [0.4, 0.5) is 0 Å². The number of hydrogen-bond donors (Lipinski definition) is 1. The van der Waals surface area contributed by atoms with Crippen LogP contribution < -0.4 is 11.4 Å². The summed E-state index contributed by atoms with van der Waals surface area (Å²) in [5.41, 5.74) is 6.95. The van der Waals surface area contributed by atoms with Crippen LogP contribution in [0.25, 0.3) is 11.0 Å². The lowest BCUT2D eigenvalue weighted by Gasteiger charge is -2.09. The smallest absolute Gasteiger partial charge is 0.328 e. The van der Waals surface area contributed by atoms with E-state index in [1.54, 1.807) is 21.5 Å². The summed E-state index contributed by atoms with van der Waals surface area (Å²) in [4.78, 5) is 12.2. The molecule has 0 bridgehead atoms. The molecule has 5 heteroatoms. The molecule has 0 saturated heterocycles. The Bertz CT molecular complexity index is 777. The van der Waals surface area contributed by atoms with E-state index in [4.69, 9.17) is 10.2 Å². The molecule has 2 N–H and O–H groups in total. The number of hydrogen-bond acceptors (Lipinski definition) is 3. The highest BCUT2D eigenvalue weighted by Crippen LogP contribution is 2.23. The Hall–Kier alpha value is -2.27. The van der Waals surface area contributed by atoms with Crippen LogP contribution in [0.15, 0.2) is 51.9 Å². The first-order valence-electron chi connectivity index (χ1n) is 7.07. The van der Waals surface area contributed by atoms with E-state index in [9.17, 15) is 4.79 Å². The highest BCUT2D eigenvalue weighted by Gasteiger charge is 2.15. The summed E-state index contributed by atoms with van der Waals surface area (Å²) in [6.07, 6.45) is 3.56. The fourth-order valence-electron chi connectivity index (χ4n) is 2.45. The average Bonchev–Trinajstić information content (AvgIpc) is 3.03. The van der Waals surface area contributed by atoms with Crippen LogP contribution in [0.3, 0.4) is 0 Å². The van der Waals surface area contributed by atoms with Gasteiger partial charge in [0.2, 0.25) is 0 Å². The van der Waals surface area contributed by atoms with Gasteiger partial charge in [0.15, 0.2) is 0 Å². The van der Waals surface area contributed by atoms with Gasteiger partial charge in [-0.05, 0) is 26.0 Å². The zero-order chi connectivity index (χ0) is 15.0. The maximum absolute atomic E-state index is 12.2. The molecule has 110 valence electrons. The summed E-state index contributed by atoms with van der Waals surface area (Å²) in [5, 5.41) is 1.02. The number of imidazole rings is 1. The predicted octanol–water partition coefficient (Wildman–Crippen LogP) is 2.68. The summed E-state index contributed by atoms with van der Waals surface area (Å²) in [7, 11) is 0. The van der Waals surface area contributed by atoms with Gasteiger partial charge < -0.3 is 10.2 Å². The van der Waals surface area contributed by atoms with Crippen LogP contribution in [0.1, 0.15) is 31.7 Å². The topological polar surface area (TPSA) is 66.1 Å². The molecule has 1 atom stereocenters. The van der Waals surface area contributed by atoms with E-state index < -0.39 is 0 Å². The fourth-order valence-corrected chi connectivity index (χ4v) is 2.45. The third-order valence-corrected chi connectivity index (χ3v) is 3.63. The first-order chi connectivity index (χ1) is 10.1. The Balaban J connectivity index is 1.86. The number of benzene rings is 1. The lowest BCUT2D eigenvalue weighted by molar-refractivity contribution is 0.445. The Morgan fingerprint density at radius 3 is 2.67 bits per heavy atom. The number of nitrogens with zero attached hydrogens (tertiary/aromatic N) is 2. The van der Waals surface area contributed by atoms with Gasteiger partial charge in [-0.2, -0.15) is 0 Å². The van der Waals surface area contributed by atoms with Crippen molar-refractivity contribution in [3.05, 3.63) is 59.0 Å². The zero-order valence-corrected chi connectivity index (χ0v) is 12.2. The van der Waals surface area contributed by atoms with E-state index in [1.807, 2.05) is 44.2 Å². The largest absolute Gasteiger partial charge is 0.459 e. The number of fused-ring (bicyclic) bond motifs is 1. The highest BCUT2D eigenvalue weighted by atomic mass is 16.3. The Labute approximate surface area is 122 Å². The van der Waals surface area contributed by atoms with Gasteiger partial charge in [-0.15, -0.1) is 0 Å². The second-order valence-electron chi connectivity index (χ2n) is 5.53. The van der Waals surface area contributed by atoms with Gasteiger partial charge in [0.05, 0.1) is 6.04 Å². The van der Waals surface area contributed by atoms with E-state index in [-0.39, 0.29) is 17.8 Å². The molecule has 0 aliphatic rings. The fraction of sp³-hybridized carbons (Fsp3) is 0.312. The van der Waals surface area contributed by atoms with E-state index in [0.717, 1.165) is 11.0 Å². The zero-order valence-electron chi connectivity index (χ0n) is 12.2. The van der Waals surface area contributed by atoms with E-state index in [2.05, 4.69) is 0 Å². The minimum absolute atomic E-state index is 0.0449. The molecule has 0 saturated carbocycles. The lowest BCUT2D eigenvalue weighted by atomic mass is 10.2. The average molecular weight is 285 g/mol. The van der Waals surface area contributed by atoms with E-state index in [0.29, 0.717) is 12.3 Å². The van der Waals surface area contributed by atoms with Crippen molar-refractivity contribution in [1.82, 2.24) is 9.13 Å². The molecule has 0 spiro atoms. The molecule has 1 aromatic carbocycles. The molecule has 2 aromatic heterocycles. The van der Waals surface area contributed by atoms with Crippen LogP contribution >= 0.6 is 0 Å². The lowest BCUT2D eigenvalue weighted by Crippen LogP contribution is -2.29. The molecule has 21 heavy (non-hydrogen) atoms. The molecular formula is C16H19N3O2. The van der Waals surface area contributed by atoms with Crippen LogP contribution in [-0.4, -0.2) is 9.13 Å². The standard InChI is InChI=1S/C16H19N3O2/c1-11(2)19-8-7-18(16(19)20)10-13(17)15-9-12-5-3-4-6-14(12)21-15/h3-9,11,13H,10,17H2,1-2H3. The third kappa shape index (κ3) is 2.52. The van der Waals surface area contributed by atoms with Gasteiger partial charge in [0.1, 0.15) is 11.3 Å². The molecule has 3 rings (SSSR count). The minimum atomic E-state index is -0.349. The molecule has 3 aromatic rings. The van der Waals surface area contributed by atoms with Gasteiger partial charge >= 0.3 is 5.69 Å². The van der Waals surface area contributed by atoms with Gasteiger partial charge in [0.25, 0.3) is 0 Å². The second-order valence-corrected chi connectivity index (χ2v) is 5.53. The van der Waals surface area contributed by atoms with Gasteiger partial charge in [0, 0.05) is 30.4 Å². The third-order valence-electron chi connectivity index (χ3n) is 3.63. The summed E-state index contributed by atoms with van der Waals surface area (Å²) in [6.45, 7) is 4.36. The minimum Gasteiger partial charge on any atom is -0.459 e. The summed E-state index contributed by atoms with van der Waals surface area (Å²) < 4.78 is 9.06. The van der Waals surface area contributed by atoms with Gasteiger partial charge in [-0.3, -0.25) is 9.13 Å². The van der Waals surface area contributed by atoms with Crippen molar-refractivity contribution in [2.45, 2.75) is 32.5 Å². The van der Waals surface area contributed by atoms with Crippen LogP contribution in [0, 0.1) is 0 Å². The number of nitrogens with two attached hydrogens (primary N) is 1. The second kappa shape index (κ2) is 5.26. The predicted molar refractivity (Wildman–Crippen MR) is 82.2 cm³/mol. The molecule has 0 aliphatic carbocycles. The van der Waals surface area contributed by atoms with E-state index >= 15 is 0 Å². The summed E-state index contributed by atoms with van der Waals surface area (Å²) in [5.74, 6) is 0.695. The molecule has 2 heterocycles. The molecule has 0 amide bonds. The first-order valence-corrected chi connectivity index (χ1v) is 7.07. The van der Waals surface area contributed by atoms with Crippen molar-refractivity contribution >= 4 is 11.0 Å². The molecule has 1 unspecified atom stereocenters. The van der Waals surface area contributed by atoms with Gasteiger partial charge in [-0.25, -0.2) is 4.79 Å². The molecular weight excluding hydrogens is 266 g/mol. The van der Waals surface area contributed by atoms with Crippen molar-refractivity contribution < 1.29 is 4.42 Å². The molecule has 0 aliphatic heterocycles. The quantitative estimate of drug-likeness (QED) is 0.801. The Morgan fingerprint density at radius 1 is 1.24 bits per heavy atom. The maximum atomic E-state index is 12.2. The Kier molecular flexibility index (Phi) is 3.43. The highest BCUT2D eigenvalue weighted by molar-refractivity contribution is 5.77. The van der Waals surface area contributed by atoms with Gasteiger partial charge in [-0.1, -0.05) is 18.2 Å². The molecule has 5 nitrogen and oxygen atoms in total. The van der Waals surface area contributed by atoms with Crippen LogP contribution in [-0.2, 0) is 6.54 Å². The van der Waals surface area contributed by atoms with Crippen molar-refractivity contribution in [3.8, 4) is 0 Å². The van der Waals surface area contributed by atoms with Crippen LogP contribution in [0.2, 0.25) is 0 Å². The van der Waals surface area contributed by atoms with Crippen molar-refractivity contribution in [2.24, 2.45) is 5.73 Å².